The monoisotopic (exact) mass is 207 g/mol. The summed E-state index contributed by atoms with van der Waals surface area (Å²) in [6.45, 7) is 1.72. The Morgan fingerprint density at radius 3 is 2.73 bits per heavy atom. The van der Waals surface area contributed by atoms with E-state index in [4.69, 9.17) is 10.3 Å². The molecule has 5 heteroatoms. The lowest BCUT2D eigenvalue weighted by Crippen LogP contribution is -2.04. The molecule has 0 amide bonds. The number of halogens is 1. The Labute approximate surface area is 85.9 Å². The maximum atomic E-state index is 13.3. The highest BCUT2D eigenvalue weighted by atomic mass is 19.1. The molecule has 2 rings (SSSR count). The molecule has 0 aliphatic heterocycles. The van der Waals surface area contributed by atoms with Crippen LogP contribution in [0.25, 0.3) is 11.4 Å². The lowest BCUT2D eigenvalue weighted by molar-refractivity contribution is 0.362. The molecule has 0 saturated heterocycles. The largest absolute Gasteiger partial charge is 0.337 e. The van der Waals surface area contributed by atoms with E-state index in [2.05, 4.69) is 10.1 Å². The van der Waals surface area contributed by atoms with Crippen LogP contribution in [0.4, 0.5) is 4.39 Å². The third kappa shape index (κ3) is 1.87. The second-order valence-electron chi connectivity index (χ2n) is 3.22. The third-order valence-corrected chi connectivity index (χ3v) is 1.95. The Kier molecular flexibility index (Phi) is 2.47. The molecule has 2 aromatic rings. The van der Waals surface area contributed by atoms with Gasteiger partial charge < -0.3 is 10.3 Å². The Balaban J connectivity index is 2.42. The van der Waals surface area contributed by atoms with Gasteiger partial charge in [0.05, 0.1) is 11.6 Å². The van der Waals surface area contributed by atoms with E-state index in [1.54, 1.807) is 25.1 Å². The van der Waals surface area contributed by atoms with Crippen molar-refractivity contribution in [1.29, 1.82) is 0 Å². The number of hydrogen-bond acceptors (Lipinski definition) is 4. The number of rotatable bonds is 2. The average Bonchev–Trinajstić information content (AvgIpc) is 2.67. The summed E-state index contributed by atoms with van der Waals surface area (Å²) in [5.74, 6) is 0.142. The van der Waals surface area contributed by atoms with Crippen LogP contribution in [0.15, 0.2) is 28.8 Å². The van der Waals surface area contributed by atoms with Crippen LogP contribution < -0.4 is 5.73 Å². The van der Waals surface area contributed by atoms with Gasteiger partial charge in [0, 0.05) is 0 Å². The van der Waals surface area contributed by atoms with E-state index in [1.807, 2.05) is 0 Å². The van der Waals surface area contributed by atoms with Crippen molar-refractivity contribution < 1.29 is 8.91 Å². The number of benzene rings is 1. The van der Waals surface area contributed by atoms with Crippen LogP contribution in [0.1, 0.15) is 18.9 Å². The molecule has 0 bridgehead atoms. The molecular formula is C10H10FN3O. The highest BCUT2D eigenvalue weighted by Crippen LogP contribution is 2.20. The van der Waals surface area contributed by atoms with Gasteiger partial charge in [-0.1, -0.05) is 17.3 Å². The molecule has 0 unspecified atom stereocenters. The summed E-state index contributed by atoms with van der Waals surface area (Å²) in [5, 5.41) is 3.66. The molecule has 0 aliphatic rings. The van der Waals surface area contributed by atoms with Crippen LogP contribution >= 0.6 is 0 Å². The average molecular weight is 207 g/mol. The SMILES string of the molecule is C[C@H](N)c1nc(-c2ccccc2F)no1. The molecule has 1 aromatic heterocycles. The summed E-state index contributed by atoms with van der Waals surface area (Å²) in [6.07, 6.45) is 0. The fourth-order valence-corrected chi connectivity index (χ4v) is 1.17. The molecule has 0 saturated carbocycles. The normalized spacial score (nSPS) is 12.7. The van der Waals surface area contributed by atoms with Gasteiger partial charge in [-0.25, -0.2) is 4.39 Å². The number of hydrogen-bond donors (Lipinski definition) is 1. The second-order valence-corrected chi connectivity index (χ2v) is 3.22. The van der Waals surface area contributed by atoms with Gasteiger partial charge in [-0.2, -0.15) is 4.98 Å². The minimum absolute atomic E-state index is 0.223. The molecule has 0 fully saturated rings. The molecule has 1 atom stereocenters. The van der Waals surface area contributed by atoms with E-state index in [0.29, 0.717) is 11.5 Å². The highest BCUT2D eigenvalue weighted by molar-refractivity contribution is 5.54. The standard InChI is InChI=1S/C10H10FN3O/c1-6(12)10-13-9(14-15-10)7-4-2-3-5-8(7)11/h2-6H,12H2,1H3/t6-/m0/s1. The first-order valence-electron chi connectivity index (χ1n) is 4.52. The molecule has 1 heterocycles. The molecule has 0 spiro atoms. The van der Waals surface area contributed by atoms with E-state index < -0.39 is 0 Å². The Bertz CT molecular complexity index is 467. The minimum atomic E-state index is -0.380. The van der Waals surface area contributed by atoms with E-state index >= 15 is 0 Å². The lowest BCUT2D eigenvalue weighted by Gasteiger charge is -1.95. The predicted molar refractivity (Wildman–Crippen MR) is 52.3 cm³/mol. The van der Waals surface area contributed by atoms with E-state index in [9.17, 15) is 4.39 Å². The first-order valence-corrected chi connectivity index (χ1v) is 4.52. The van der Waals surface area contributed by atoms with Crippen LogP contribution in [0, 0.1) is 5.82 Å². The van der Waals surface area contributed by atoms with Gasteiger partial charge in [0.1, 0.15) is 5.82 Å². The smallest absolute Gasteiger partial charge is 0.243 e. The van der Waals surface area contributed by atoms with E-state index in [-0.39, 0.29) is 17.7 Å². The molecular weight excluding hydrogens is 197 g/mol. The summed E-state index contributed by atoms with van der Waals surface area (Å²) in [7, 11) is 0. The third-order valence-electron chi connectivity index (χ3n) is 1.95. The van der Waals surface area contributed by atoms with Crippen molar-refractivity contribution >= 4 is 0 Å². The van der Waals surface area contributed by atoms with Crippen LogP contribution in [-0.2, 0) is 0 Å². The van der Waals surface area contributed by atoms with Gasteiger partial charge in [-0.15, -0.1) is 0 Å². The number of nitrogens with zero attached hydrogens (tertiary/aromatic N) is 2. The fraction of sp³-hybridized carbons (Fsp3) is 0.200. The van der Waals surface area contributed by atoms with Crippen LogP contribution in [0.5, 0.6) is 0 Å². The Morgan fingerprint density at radius 1 is 1.40 bits per heavy atom. The zero-order valence-electron chi connectivity index (χ0n) is 8.14. The Hall–Kier alpha value is -1.75. The highest BCUT2D eigenvalue weighted by Gasteiger charge is 2.13. The lowest BCUT2D eigenvalue weighted by atomic mass is 10.2. The summed E-state index contributed by atoms with van der Waals surface area (Å²) >= 11 is 0. The summed E-state index contributed by atoms with van der Waals surface area (Å²) < 4.78 is 18.2. The van der Waals surface area contributed by atoms with E-state index in [1.165, 1.54) is 6.07 Å². The van der Waals surface area contributed by atoms with Crippen LogP contribution in [-0.4, -0.2) is 10.1 Å². The topological polar surface area (TPSA) is 64.9 Å². The quantitative estimate of drug-likeness (QED) is 0.816. The van der Waals surface area contributed by atoms with Crippen molar-refractivity contribution in [1.82, 2.24) is 10.1 Å². The van der Waals surface area contributed by atoms with Crippen LogP contribution in [0.2, 0.25) is 0 Å². The van der Waals surface area contributed by atoms with Crippen molar-refractivity contribution in [3.63, 3.8) is 0 Å². The van der Waals surface area contributed by atoms with Gasteiger partial charge in [-0.3, -0.25) is 0 Å². The van der Waals surface area contributed by atoms with Gasteiger partial charge in [0.15, 0.2) is 0 Å². The first-order chi connectivity index (χ1) is 7.18. The predicted octanol–water partition coefficient (Wildman–Crippen LogP) is 1.90. The van der Waals surface area contributed by atoms with Gasteiger partial charge in [0.2, 0.25) is 11.7 Å². The zero-order valence-corrected chi connectivity index (χ0v) is 8.14. The maximum absolute atomic E-state index is 13.3. The zero-order chi connectivity index (χ0) is 10.8. The number of nitrogens with two attached hydrogens (primary N) is 1. The number of aromatic nitrogens is 2. The Morgan fingerprint density at radius 2 is 2.13 bits per heavy atom. The molecule has 2 N–H and O–H groups in total. The summed E-state index contributed by atoms with van der Waals surface area (Å²) in [6, 6.07) is 5.90. The van der Waals surface area contributed by atoms with Crippen molar-refractivity contribution in [2.75, 3.05) is 0 Å². The van der Waals surface area contributed by atoms with Crippen molar-refractivity contribution in [2.45, 2.75) is 13.0 Å². The molecule has 1 aromatic carbocycles. The van der Waals surface area contributed by atoms with E-state index in [0.717, 1.165) is 0 Å². The molecule has 0 radical (unpaired) electrons. The fourth-order valence-electron chi connectivity index (χ4n) is 1.17. The molecule has 78 valence electrons. The van der Waals surface area contributed by atoms with Gasteiger partial charge in [0.25, 0.3) is 0 Å². The molecule has 15 heavy (non-hydrogen) atoms. The van der Waals surface area contributed by atoms with Gasteiger partial charge >= 0.3 is 0 Å². The first kappa shape index (κ1) is 9.79. The van der Waals surface area contributed by atoms with Crippen molar-refractivity contribution in [3.05, 3.63) is 36.0 Å². The summed E-state index contributed by atoms with van der Waals surface area (Å²) in [5.41, 5.74) is 5.87. The van der Waals surface area contributed by atoms with Crippen molar-refractivity contribution in [2.24, 2.45) is 5.73 Å². The van der Waals surface area contributed by atoms with Crippen LogP contribution in [0.3, 0.4) is 0 Å². The molecule has 4 nitrogen and oxygen atoms in total. The minimum Gasteiger partial charge on any atom is -0.337 e. The maximum Gasteiger partial charge on any atom is 0.243 e. The summed E-state index contributed by atoms with van der Waals surface area (Å²) in [4.78, 5) is 4.00. The van der Waals surface area contributed by atoms with Crippen molar-refractivity contribution in [3.8, 4) is 11.4 Å². The molecule has 0 aliphatic carbocycles. The second kappa shape index (κ2) is 3.78. The van der Waals surface area contributed by atoms with Gasteiger partial charge in [-0.05, 0) is 19.1 Å².